The highest BCUT2D eigenvalue weighted by Crippen LogP contribution is 2.21. The average molecular weight is 283 g/mol. The third-order valence-electron chi connectivity index (χ3n) is 3.00. The maximum absolute atomic E-state index is 12.1. The molecule has 0 aliphatic carbocycles. The number of carbonyl (C=O) groups excluding carboxylic acids is 2. The molecule has 4 N–H and O–H groups in total. The fourth-order valence-electron chi connectivity index (χ4n) is 1.97. The van der Waals surface area contributed by atoms with Crippen molar-refractivity contribution < 1.29 is 9.59 Å². The van der Waals surface area contributed by atoms with Crippen LogP contribution < -0.4 is 16.4 Å². The Kier molecular flexibility index (Phi) is 4.23. The zero-order valence-electron chi connectivity index (χ0n) is 11.9. The van der Waals surface area contributed by atoms with Gasteiger partial charge in [-0.3, -0.25) is 9.59 Å². The van der Waals surface area contributed by atoms with Crippen molar-refractivity contribution in [3.8, 4) is 0 Å². The van der Waals surface area contributed by atoms with Gasteiger partial charge in [-0.15, -0.1) is 0 Å². The Hall–Kier alpha value is -2.82. The monoisotopic (exact) mass is 283 g/mol. The second-order valence-corrected chi connectivity index (χ2v) is 4.75. The minimum atomic E-state index is -0.264. The summed E-state index contributed by atoms with van der Waals surface area (Å²) in [7, 11) is 0. The number of rotatable bonds is 3. The van der Waals surface area contributed by atoms with E-state index in [1.165, 1.54) is 6.92 Å². The van der Waals surface area contributed by atoms with Crippen LogP contribution in [0.4, 0.5) is 17.1 Å². The lowest BCUT2D eigenvalue weighted by Gasteiger charge is -2.11. The molecule has 21 heavy (non-hydrogen) atoms. The summed E-state index contributed by atoms with van der Waals surface area (Å²) in [6, 6.07) is 12.2. The lowest BCUT2D eigenvalue weighted by Crippen LogP contribution is -2.14. The van der Waals surface area contributed by atoms with Crippen molar-refractivity contribution in [2.45, 2.75) is 13.8 Å². The molecule has 0 spiro atoms. The quantitative estimate of drug-likeness (QED) is 0.757. The largest absolute Gasteiger partial charge is 0.398 e. The number of carbonyl (C=O) groups is 2. The molecule has 2 aromatic rings. The molecule has 108 valence electrons. The number of nitrogen functional groups attached to an aromatic ring is 1. The number of hydrogen-bond acceptors (Lipinski definition) is 3. The first-order valence-electron chi connectivity index (χ1n) is 6.51. The summed E-state index contributed by atoms with van der Waals surface area (Å²) in [5.41, 5.74) is 8.87. The van der Waals surface area contributed by atoms with Gasteiger partial charge in [-0.25, -0.2) is 0 Å². The lowest BCUT2D eigenvalue weighted by molar-refractivity contribution is -0.114. The SMILES string of the molecule is CC(=O)Nc1ccc(NC(=O)c2ccccc2N)cc1C. The first kappa shape index (κ1) is 14.6. The number of nitrogens with two attached hydrogens (primary N) is 1. The number of benzene rings is 2. The fraction of sp³-hybridized carbons (Fsp3) is 0.125. The summed E-state index contributed by atoms with van der Waals surface area (Å²) in [4.78, 5) is 23.2. The molecule has 0 saturated carbocycles. The molecule has 0 atom stereocenters. The summed E-state index contributed by atoms with van der Waals surface area (Å²) < 4.78 is 0. The van der Waals surface area contributed by atoms with Gasteiger partial charge >= 0.3 is 0 Å². The molecular weight excluding hydrogens is 266 g/mol. The zero-order chi connectivity index (χ0) is 15.4. The van der Waals surface area contributed by atoms with Gasteiger partial charge in [0.25, 0.3) is 5.91 Å². The van der Waals surface area contributed by atoms with Crippen LogP contribution in [0.15, 0.2) is 42.5 Å². The van der Waals surface area contributed by atoms with Crippen LogP contribution in [-0.2, 0) is 4.79 Å². The predicted octanol–water partition coefficient (Wildman–Crippen LogP) is 2.79. The molecule has 5 nitrogen and oxygen atoms in total. The Morgan fingerprint density at radius 2 is 1.76 bits per heavy atom. The zero-order valence-corrected chi connectivity index (χ0v) is 11.9. The van der Waals surface area contributed by atoms with E-state index in [9.17, 15) is 9.59 Å². The van der Waals surface area contributed by atoms with Gasteiger partial charge in [0.05, 0.1) is 5.56 Å². The third kappa shape index (κ3) is 3.60. The van der Waals surface area contributed by atoms with E-state index in [2.05, 4.69) is 10.6 Å². The van der Waals surface area contributed by atoms with E-state index in [1.807, 2.05) is 6.92 Å². The van der Waals surface area contributed by atoms with Crippen LogP contribution >= 0.6 is 0 Å². The maximum atomic E-state index is 12.1. The molecule has 0 aliphatic heterocycles. The number of para-hydroxylation sites is 1. The van der Waals surface area contributed by atoms with E-state index in [0.29, 0.717) is 16.9 Å². The molecule has 2 aromatic carbocycles. The summed E-state index contributed by atoms with van der Waals surface area (Å²) in [5.74, 6) is -0.397. The van der Waals surface area contributed by atoms with Crippen LogP contribution in [0.25, 0.3) is 0 Å². The van der Waals surface area contributed by atoms with Crippen LogP contribution in [0.5, 0.6) is 0 Å². The number of hydrogen-bond donors (Lipinski definition) is 3. The molecule has 0 heterocycles. The second kappa shape index (κ2) is 6.09. The van der Waals surface area contributed by atoms with E-state index >= 15 is 0 Å². The molecule has 0 aromatic heterocycles. The van der Waals surface area contributed by atoms with Gasteiger partial charge in [0.15, 0.2) is 0 Å². The Balaban J connectivity index is 2.17. The summed E-state index contributed by atoms with van der Waals surface area (Å²) in [6.45, 7) is 3.31. The molecule has 0 aliphatic rings. The van der Waals surface area contributed by atoms with Crippen molar-refractivity contribution in [2.24, 2.45) is 0 Å². The number of amides is 2. The predicted molar refractivity (Wildman–Crippen MR) is 84.3 cm³/mol. The highest BCUT2D eigenvalue weighted by molar-refractivity contribution is 6.07. The average Bonchev–Trinajstić information content (AvgIpc) is 2.42. The van der Waals surface area contributed by atoms with Gasteiger partial charge in [-0.05, 0) is 42.8 Å². The Bertz CT molecular complexity index is 696. The van der Waals surface area contributed by atoms with Crippen molar-refractivity contribution in [3.63, 3.8) is 0 Å². The first-order chi connectivity index (χ1) is 9.97. The van der Waals surface area contributed by atoms with Crippen molar-refractivity contribution in [2.75, 3.05) is 16.4 Å². The van der Waals surface area contributed by atoms with Crippen molar-refractivity contribution in [3.05, 3.63) is 53.6 Å². The maximum Gasteiger partial charge on any atom is 0.257 e. The summed E-state index contributed by atoms with van der Waals surface area (Å²) in [6.07, 6.45) is 0. The van der Waals surface area contributed by atoms with Crippen molar-refractivity contribution >= 4 is 28.9 Å². The lowest BCUT2D eigenvalue weighted by atomic mass is 10.1. The molecule has 2 rings (SSSR count). The fourth-order valence-corrected chi connectivity index (χ4v) is 1.97. The molecule has 0 radical (unpaired) electrons. The summed E-state index contributed by atoms with van der Waals surface area (Å²) >= 11 is 0. The van der Waals surface area contributed by atoms with Gasteiger partial charge in [0.1, 0.15) is 0 Å². The van der Waals surface area contributed by atoms with Gasteiger partial charge in [0, 0.05) is 24.0 Å². The normalized spacial score (nSPS) is 10.0. The molecule has 5 heteroatoms. The molecule has 0 fully saturated rings. The Morgan fingerprint density at radius 3 is 2.38 bits per heavy atom. The van der Waals surface area contributed by atoms with Gasteiger partial charge in [-0.2, -0.15) is 0 Å². The van der Waals surface area contributed by atoms with E-state index in [0.717, 1.165) is 11.3 Å². The van der Waals surface area contributed by atoms with E-state index in [1.54, 1.807) is 42.5 Å². The number of aryl methyl sites for hydroxylation is 1. The standard InChI is InChI=1S/C16H17N3O2/c1-10-9-12(7-8-15(10)18-11(2)20)19-16(21)13-5-3-4-6-14(13)17/h3-9H,17H2,1-2H3,(H,18,20)(H,19,21). The van der Waals surface area contributed by atoms with Gasteiger partial charge < -0.3 is 16.4 Å². The molecule has 0 saturated heterocycles. The molecule has 0 bridgehead atoms. The smallest absolute Gasteiger partial charge is 0.257 e. The minimum absolute atomic E-state index is 0.132. The summed E-state index contributed by atoms with van der Waals surface area (Å²) in [5, 5.41) is 5.51. The molecule has 0 unspecified atom stereocenters. The van der Waals surface area contributed by atoms with Crippen LogP contribution in [0, 0.1) is 6.92 Å². The van der Waals surface area contributed by atoms with Gasteiger partial charge in [-0.1, -0.05) is 12.1 Å². The van der Waals surface area contributed by atoms with Crippen LogP contribution in [0.2, 0.25) is 0 Å². The van der Waals surface area contributed by atoms with E-state index in [4.69, 9.17) is 5.73 Å². The van der Waals surface area contributed by atoms with Crippen LogP contribution in [0.3, 0.4) is 0 Å². The topological polar surface area (TPSA) is 84.2 Å². The van der Waals surface area contributed by atoms with Gasteiger partial charge in [0.2, 0.25) is 5.91 Å². The van der Waals surface area contributed by atoms with Crippen LogP contribution in [0.1, 0.15) is 22.8 Å². The third-order valence-corrected chi connectivity index (χ3v) is 3.00. The number of anilines is 3. The highest BCUT2D eigenvalue weighted by Gasteiger charge is 2.10. The highest BCUT2D eigenvalue weighted by atomic mass is 16.2. The van der Waals surface area contributed by atoms with Crippen molar-refractivity contribution in [1.29, 1.82) is 0 Å². The minimum Gasteiger partial charge on any atom is -0.398 e. The second-order valence-electron chi connectivity index (χ2n) is 4.75. The van der Waals surface area contributed by atoms with E-state index < -0.39 is 0 Å². The molecule has 2 amide bonds. The van der Waals surface area contributed by atoms with Crippen LogP contribution in [-0.4, -0.2) is 11.8 Å². The Morgan fingerprint density at radius 1 is 1.05 bits per heavy atom. The molecular formula is C16H17N3O2. The first-order valence-corrected chi connectivity index (χ1v) is 6.51. The van der Waals surface area contributed by atoms with Crippen molar-refractivity contribution in [1.82, 2.24) is 0 Å². The van der Waals surface area contributed by atoms with E-state index in [-0.39, 0.29) is 11.8 Å². The number of nitrogens with one attached hydrogen (secondary N) is 2. The Labute approximate surface area is 123 Å².